The van der Waals surface area contributed by atoms with Crippen molar-refractivity contribution in [3.8, 4) is 0 Å². The summed E-state index contributed by atoms with van der Waals surface area (Å²) in [5, 5.41) is 4.67. The molecule has 0 atom stereocenters. The number of rotatable bonds is 5. The van der Waals surface area contributed by atoms with Crippen molar-refractivity contribution >= 4 is 44.6 Å². The molecule has 0 radical (unpaired) electrons. The Morgan fingerprint density at radius 1 is 1.48 bits per heavy atom. The first-order valence-electron chi connectivity index (χ1n) is 6.29. The lowest BCUT2D eigenvalue weighted by Gasteiger charge is -1.97. The number of hydrazone groups is 1. The maximum Gasteiger partial charge on any atom is 0.350 e. The van der Waals surface area contributed by atoms with Crippen LogP contribution in [-0.2, 0) is 4.74 Å². The molecule has 2 rings (SSSR count). The predicted molar refractivity (Wildman–Crippen MR) is 88.2 cm³/mol. The number of hydrogen-bond acceptors (Lipinski definition) is 6. The average molecular weight is 368 g/mol. The topological polar surface area (TPSA) is 63.6 Å². The first-order chi connectivity index (χ1) is 10.1. The Morgan fingerprint density at radius 2 is 2.19 bits per heavy atom. The Labute approximate surface area is 135 Å². The quantitative estimate of drug-likeness (QED) is 0.495. The number of hydrogen-bond donors (Lipinski definition) is 1. The number of halogens is 1. The molecule has 21 heavy (non-hydrogen) atoms. The van der Waals surface area contributed by atoms with Gasteiger partial charge in [0, 0.05) is 4.47 Å². The van der Waals surface area contributed by atoms with Gasteiger partial charge in [0.25, 0.3) is 0 Å². The molecule has 2 aromatic rings. The third kappa shape index (κ3) is 4.37. The predicted octanol–water partition coefficient (Wildman–Crippen LogP) is 3.84. The van der Waals surface area contributed by atoms with Crippen LogP contribution in [0.25, 0.3) is 0 Å². The van der Waals surface area contributed by atoms with Crippen LogP contribution in [0.15, 0.2) is 33.8 Å². The van der Waals surface area contributed by atoms with E-state index in [-0.39, 0.29) is 5.97 Å². The van der Waals surface area contributed by atoms with E-state index < -0.39 is 0 Å². The van der Waals surface area contributed by atoms with Gasteiger partial charge >= 0.3 is 5.97 Å². The van der Waals surface area contributed by atoms with Gasteiger partial charge in [-0.25, -0.2) is 9.78 Å². The number of aryl methyl sites for hydroxylation is 1. The molecule has 1 N–H and O–H groups in total. The maximum absolute atomic E-state index is 11.7. The van der Waals surface area contributed by atoms with Crippen LogP contribution in [0.5, 0.6) is 0 Å². The van der Waals surface area contributed by atoms with Gasteiger partial charge in [-0.3, -0.25) is 5.43 Å². The molecular formula is C14H14BrN3O2S. The summed E-state index contributed by atoms with van der Waals surface area (Å²) in [6.07, 6.45) is 1.69. The van der Waals surface area contributed by atoms with Crippen molar-refractivity contribution in [1.82, 2.24) is 4.98 Å². The molecule has 1 aromatic carbocycles. The van der Waals surface area contributed by atoms with Gasteiger partial charge in [-0.1, -0.05) is 39.4 Å². The number of nitrogens with zero attached hydrogens (tertiary/aromatic N) is 2. The molecule has 0 spiro atoms. The van der Waals surface area contributed by atoms with Gasteiger partial charge in [0.2, 0.25) is 5.13 Å². The molecule has 0 fully saturated rings. The van der Waals surface area contributed by atoms with Crippen molar-refractivity contribution in [2.75, 3.05) is 12.0 Å². The zero-order valence-electron chi connectivity index (χ0n) is 11.6. The third-order valence-electron chi connectivity index (χ3n) is 2.50. The van der Waals surface area contributed by atoms with E-state index in [2.05, 4.69) is 31.4 Å². The number of carbonyl (C=O) groups is 1. The smallest absolute Gasteiger partial charge is 0.350 e. The van der Waals surface area contributed by atoms with Crippen LogP contribution >= 0.6 is 27.3 Å². The van der Waals surface area contributed by atoms with Crippen LogP contribution in [0.2, 0.25) is 0 Å². The van der Waals surface area contributed by atoms with E-state index >= 15 is 0 Å². The highest BCUT2D eigenvalue weighted by atomic mass is 79.9. The Hall–Kier alpha value is -1.73. The van der Waals surface area contributed by atoms with E-state index in [9.17, 15) is 4.79 Å². The van der Waals surface area contributed by atoms with E-state index in [4.69, 9.17) is 4.74 Å². The second kappa shape index (κ2) is 7.33. The second-order valence-electron chi connectivity index (χ2n) is 4.08. The molecule has 0 amide bonds. The summed E-state index contributed by atoms with van der Waals surface area (Å²) < 4.78 is 5.98. The summed E-state index contributed by atoms with van der Waals surface area (Å²) in [7, 11) is 0. The number of aromatic nitrogens is 1. The summed E-state index contributed by atoms with van der Waals surface area (Å²) in [5.74, 6) is -0.350. The molecule has 1 aromatic heterocycles. The van der Waals surface area contributed by atoms with Crippen molar-refractivity contribution in [3.05, 3.63) is 44.9 Å². The zero-order chi connectivity index (χ0) is 15.2. The molecule has 7 heteroatoms. The first-order valence-corrected chi connectivity index (χ1v) is 7.90. The Kier molecular flexibility index (Phi) is 5.46. The van der Waals surface area contributed by atoms with Crippen LogP contribution < -0.4 is 5.43 Å². The Bertz CT molecular complexity index is 653. The van der Waals surface area contributed by atoms with Gasteiger partial charge in [-0.05, 0) is 31.5 Å². The highest BCUT2D eigenvalue weighted by Gasteiger charge is 2.15. The molecule has 0 aliphatic rings. The maximum atomic E-state index is 11.7. The molecular weight excluding hydrogens is 354 g/mol. The lowest BCUT2D eigenvalue weighted by Crippen LogP contribution is -2.03. The number of benzene rings is 1. The van der Waals surface area contributed by atoms with Crippen LogP contribution in [-0.4, -0.2) is 23.8 Å². The van der Waals surface area contributed by atoms with Crippen LogP contribution in [0, 0.1) is 6.92 Å². The molecule has 0 saturated carbocycles. The number of esters is 1. The van der Waals surface area contributed by atoms with Crippen molar-refractivity contribution in [3.63, 3.8) is 0 Å². The van der Waals surface area contributed by atoms with Gasteiger partial charge in [0.05, 0.1) is 18.5 Å². The van der Waals surface area contributed by atoms with Gasteiger partial charge < -0.3 is 4.74 Å². The van der Waals surface area contributed by atoms with E-state index in [1.807, 2.05) is 24.3 Å². The number of nitrogens with one attached hydrogen (secondary N) is 1. The van der Waals surface area contributed by atoms with Crippen LogP contribution in [0.4, 0.5) is 5.13 Å². The number of ether oxygens (including phenoxy) is 1. The largest absolute Gasteiger partial charge is 0.462 e. The molecule has 0 unspecified atom stereocenters. The molecule has 0 aliphatic carbocycles. The lowest BCUT2D eigenvalue weighted by atomic mass is 10.2. The van der Waals surface area contributed by atoms with E-state index in [1.54, 1.807) is 20.1 Å². The monoisotopic (exact) mass is 367 g/mol. The summed E-state index contributed by atoms with van der Waals surface area (Å²) in [5.41, 5.74) is 4.42. The molecule has 110 valence electrons. The molecule has 0 aliphatic heterocycles. The van der Waals surface area contributed by atoms with E-state index in [0.29, 0.717) is 22.3 Å². The van der Waals surface area contributed by atoms with Crippen molar-refractivity contribution in [2.45, 2.75) is 13.8 Å². The van der Waals surface area contributed by atoms with Crippen molar-refractivity contribution in [2.24, 2.45) is 5.10 Å². The third-order valence-corrected chi connectivity index (χ3v) is 4.07. The molecule has 0 bridgehead atoms. The minimum atomic E-state index is -0.350. The summed E-state index contributed by atoms with van der Waals surface area (Å²) in [6, 6.07) is 7.75. The molecule has 0 saturated heterocycles. The van der Waals surface area contributed by atoms with Gasteiger partial charge in [-0.15, -0.1) is 0 Å². The highest BCUT2D eigenvalue weighted by molar-refractivity contribution is 9.10. The minimum Gasteiger partial charge on any atom is -0.462 e. The van der Waals surface area contributed by atoms with Gasteiger partial charge in [-0.2, -0.15) is 5.10 Å². The van der Waals surface area contributed by atoms with Gasteiger partial charge in [0.1, 0.15) is 4.88 Å². The molecule has 1 heterocycles. The summed E-state index contributed by atoms with van der Waals surface area (Å²) in [6.45, 7) is 3.89. The van der Waals surface area contributed by atoms with Gasteiger partial charge in [0.15, 0.2) is 0 Å². The Morgan fingerprint density at radius 3 is 2.86 bits per heavy atom. The van der Waals surface area contributed by atoms with Crippen LogP contribution in [0.3, 0.4) is 0 Å². The number of carbonyl (C=O) groups excluding carboxylic acids is 1. The van der Waals surface area contributed by atoms with E-state index in [0.717, 1.165) is 10.0 Å². The zero-order valence-corrected chi connectivity index (χ0v) is 14.0. The summed E-state index contributed by atoms with van der Waals surface area (Å²) in [4.78, 5) is 16.4. The minimum absolute atomic E-state index is 0.348. The standard InChI is InChI=1S/C14H14BrN3O2S/c1-3-20-13(19)12-9(2)17-14(21-12)18-16-8-10-4-6-11(15)7-5-10/h4-8H,3H2,1-2H3,(H,17,18)/b16-8-. The fourth-order valence-electron chi connectivity index (χ4n) is 1.54. The second-order valence-corrected chi connectivity index (χ2v) is 5.99. The Balaban J connectivity index is 2.02. The van der Waals surface area contributed by atoms with Crippen LogP contribution in [0.1, 0.15) is 27.9 Å². The normalized spacial score (nSPS) is 10.8. The van der Waals surface area contributed by atoms with E-state index in [1.165, 1.54) is 11.3 Å². The van der Waals surface area contributed by atoms with Crippen molar-refractivity contribution in [1.29, 1.82) is 0 Å². The fraction of sp³-hybridized carbons (Fsp3) is 0.214. The average Bonchev–Trinajstić information content (AvgIpc) is 2.82. The summed E-state index contributed by atoms with van der Waals surface area (Å²) >= 11 is 4.60. The fourth-order valence-corrected chi connectivity index (χ4v) is 2.62. The number of anilines is 1. The SMILES string of the molecule is CCOC(=O)c1sc(N/N=C\c2ccc(Br)cc2)nc1C. The first kappa shape index (κ1) is 15.7. The number of thiazole rings is 1. The molecule has 5 nitrogen and oxygen atoms in total. The highest BCUT2D eigenvalue weighted by Crippen LogP contribution is 2.23. The lowest BCUT2D eigenvalue weighted by molar-refractivity contribution is 0.0531. The van der Waals surface area contributed by atoms with Crippen molar-refractivity contribution < 1.29 is 9.53 Å².